The Kier molecular flexibility index (Phi) is 4.62. The number of nitrogens with two attached hydrogens (primary N) is 1. The summed E-state index contributed by atoms with van der Waals surface area (Å²) in [5.74, 6) is 6.13. The lowest BCUT2D eigenvalue weighted by molar-refractivity contribution is 0.602. The summed E-state index contributed by atoms with van der Waals surface area (Å²) in [7, 11) is 0.527. The lowest BCUT2D eigenvalue weighted by atomic mass is 10.7. The van der Waals surface area contributed by atoms with Crippen LogP contribution in [0.3, 0.4) is 0 Å². The molecule has 1 aromatic heterocycles. The van der Waals surface area contributed by atoms with Crippen molar-refractivity contribution in [1.29, 1.82) is 0 Å². The minimum Gasteiger partial charge on any atom is -0.353 e. The minimum atomic E-state index is -3.02. The quantitative estimate of drug-likeness (QED) is 0.428. The number of nitrogens with zero attached hydrogens (tertiary/aromatic N) is 4. The SMILES string of the molecule is CN(C)c1nc(NN)nc(NCCS(C)(=O)=O)n1. The van der Waals surface area contributed by atoms with E-state index in [-0.39, 0.29) is 24.2 Å². The molecule has 0 saturated heterocycles. The maximum absolute atomic E-state index is 11.0. The van der Waals surface area contributed by atoms with E-state index >= 15 is 0 Å². The average Bonchev–Trinajstić information content (AvgIpc) is 2.26. The summed E-state index contributed by atoms with van der Waals surface area (Å²) in [6.07, 6.45) is 1.17. The van der Waals surface area contributed by atoms with Gasteiger partial charge in [0.05, 0.1) is 5.75 Å². The fourth-order valence-electron chi connectivity index (χ4n) is 1.06. The third-order valence-electron chi connectivity index (χ3n) is 1.91. The minimum absolute atomic E-state index is 0.00136. The molecule has 0 spiro atoms. The van der Waals surface area contributed by atoms with E-state index in [2.05, 4.69) is 25.7 Å². The van der Waals surface area contributed by atoms with Crippen molar-refractivity contribution in [3.8, 4) is 0 Å². The molecule has 0 aliphatic carbocycles. The van der Waals surface area contributed by atoms with E-state index in [0.29, 0.717) is 5.95 Å². The Morgan fingerprint density at radius 2 is 1.83 bits per heavy atom. The highest BCUT2D eigenvalue weighted by molar-refractivity contribution is 7.90. The summed E-state index contributed by atoms with van der Waals surface area (Å²) in [4.78, 5) is 13.8. The molecule has 10 heteroatoms. The first-order valence-corrected chi connectivity index (χ1v) is 7.19. The van der Waals surface area contributed by atoms with E-state index in [1.165, 1.54) is 6.26 Å². The lowest BCUT2D eigenvalue weighted by Gasteiger charge is -2.12. The number of hydrogen-bond donors (Lipinski definition) is 3. The Hall–Kier alpha value is -1.68. The lowest BCUT2D eigenvalue weighted by Crippen LogP contribution is -2.20. The van der Waals surface area contributed by atoms with Crippen LogP contribution in [-0.4, -0.2) is 56.0 Å². The second kappa shape index (κ2) is 5.78. The molecular formula is C8H17N7O2S. The number of hydrogen-bond acceptors (Lipinski definition) is 9. The molecule has 0 bridgehead atoms. The van der Waals surface area contributed by atoms with Gasteiger partial charge in [-0.3, -0.25) is 5.43 Å². The van der Waals surface area contributed by atoms with Gasteiger partial charge < -0.3 is 10.2 Å². The zero-order chi connectivity index (χ0) is 13.8. The molecule has 0 unspecified atom stereocenters. The summed E-state index contributed by atoms with van der Waals surface area (Å²) >= 11 is 0. The highest BCUT2D eigenvalue weighted by atomic mass is 32.2. The van der Waals surface area contributed by atoms with E-state index < -0.39 is 9.84 Å². The van der Waals surface area contributed by atoms with Crippen LogP contribution in [0.2, 0.25) is 0 Å². The van der Waals surface area contributed by atoms with Crippen LogP contribution in [0.1, 0.15) is 0 Å². The van der Waals surface area contributed by atoms with Crippen LogP contribution < -0.4 is 21.5 Å². The molecule has 0 radical (unpaired) electrons. The Bertz CT molecular complexity index is 502. The number of hydrazine groups is 1. The summed E-state index contributed by atoms with van der Waals surface area (Å²) in [6.45, 7) is 0.222. The third-order valence-corrected chi connectivity index (χ3v) is 2.85. The van der Waals surface area contributed by atoms with Crippen LogP contribution in [0.5, 0.6) is 0 Å². The molecule has 0 saturated carbocycles. The Balaban J connectivity index is 2.78. The van der Waals surface area contributed by atoms with Crippen molar-refractivity contribution in [2.75, 3.05) is 48.3 Å². The van der Waals surface area contributed by atoms with Crippen molar-refractivity contribution < 1.29 is 8.42 Å². The van der Waals surface area contributed by atoms with Gasteiger partial charge in [-0.15, -0.1) is 0 Å². The van der Waals surface area contributed by atoms with Gasteiger partial charge in [0.2, 0.25) is 17.8 Å². The molecule has 18 heavy (non-hydrogen) atoms. The van der Waals surface area contributed by atoms with Gasteiger partial charge in [0.15, 0.2) is 0 Å². The average molecular weight is 275 g/mol. The fourth-order valence-corrected chi connectivity index (χ4v) is 1.53. The molecule has 4 N–H and O–H groups in total. The Labute approximate surface area is 106 Å². The largest absolute Gasteiger partial charge is 0.353 e. The molecule has 0 aliphatic heterocycles. The molecule has 1 aromatic rings. The molecule has 0 atom stereocenters. The molecule has 0 amide bonds. The van der Waals surface area contributed by atoms with Crippen molar-refractivity contribution in [1.82, 2.24) is 15.0 Å². The van der Waals surface area contributed by atoms with E-state index in [4.69, 9.17) is 5.84 Å². The topological polar surface area (TPSA) is 126 Å². The van der Waals surface area contributed by atoms with Gasteiger partial charge in [-0.05, 0) is 0 Å². The van der Waals surface area contributed by atoms with Gasteiger partial charge >= 0.3 is 0 Å². The Morgan fingerprint density at radius 1 is 1.22 bits per heavy atom. The van der Waals surface area contributed by atoms with Crippen molar-refractivity contribution in [3.63, 3.8) is 0 Å². The second-order valence-corrected chi connectivity index (χ2v) is 6.14. The monoisotopic (exact) mass is 275 g/mol. The predicted molar refractivity (Wildman–Crippen MR) is 70.2 cm³/mol. The van der Waals surface area contributed by atoms with Crippen LogP contribution in [0, 0.1) is 0 Å². The fraction of sp³-hybridized carbons (Fsp3) is 0.625. The molecule has 1 rings (SSSR count). The van der Waals surface area contributed by atoms with Crippen molar-refractivity contribution in [3.05, 3.63) is 0 Å². The zero-order valence-corrected chi connectivity index (χ0v) is 11.3. The highest BCUT2D eigenvalue weighted by Crippen LogP contribution is 2.10. The molecule has 0 aliphatic rings. The number of aromatic nitrogens is 3. The van der Waals surface area contributed by atoms with E-state index in [1.807, 2.05) is 0 Å². The summed E-state index contributed by atoms with van der Waals surface area (Å²) in [5.41, 5.74) is 2.32. The number of rotatable bonds is 6. The van der Waals surface area contributed by atoms with Crippen LogP contribution in [0.4, 0.5) is 17.8 Å². The Morgan fingerprint density at radius 3 is 2.33 bits per heavy atom. The predicted octanol–water partition coefficient (Wildman–Crippen LogP) is -1.32. The summed E-state index contributed by atoms with van der Waals surface area (Å²) < 4.78 is 22.0. The van der Waals surface area contributed by atoms with Gasteiger partial charge in [0.25, 0.3) is 0 Å². The highest BCUT2D eigenvalue weighted by Gasteiger charge is 2.08. The van der Waals surface area contributed by atoms with Crippen LogP contribution in [-0.2, 0) is 9.84 Å². The maximum atomic E-state index is 11.0. The van der Waals surface area contributed by atoms with Crippen LogP contribution in [0.25, 0.3) is 0 Å². The standard InChI is InChI=1S/C8H17N7O2S/c1-15(2)8-12-6(11-7(13-8)14-9)10-4-5-18(3,16)17/h4-5,9H2,1-3H3,(H2,10,11,12,13,14). The van der Waals surface area contributed by atoms with E-state index in [9.17, 15) is 8.42 Å². The first-order chi connectivity index (χ1) is 8.31. The van der Waals surface area contributed by atoms with Gasteiger partial charge in [-0.1, -0.05) is 0 Å². The number of anilines is 3. The molecule has 102 valence electrons. The molecule has 9 nitrogen and oxygen atoms in total. The third kappa shape index (κ3) is 4.67. The number of nitrogens with one attached hydrogen (secondary N) is 2. The normalized spacial score (nSPS) is 11.1. The first kappa shape index (κ1) is 14.4. The molecule has 0 fully saturated rings. The van der Waals surface area contributed by atoms with Crippen molar-refractivity contribution in [2.45, 2.75) is 0 Å². The van der Waals surface area contributed by atoms with Crippen molar-refractivity contribution >= 4 is 27.7 Å². The molecule has 1 heterocycles. The second-order valence-electron chi connectivity index (χ2n) is 3.88. The number of nitrogen functional groups attached to an aromatic ring is 1. The van der Waals surface area contributed by atoms with E-state index in [1.54, 1.807) is 19.0 Å². The first-order valence-electron chi connectivity index (χ1n) is 5.13. The molecule has 0 aromatic carbocycles. The maximum Gasteiger partial charge on any atom is 0.243 e. The number of sulfone groups is 1. The van der Waals surface area contributed by atoms with Gasteiger partial charge in [0, 0.05) is 26.9 Å². The van der Waals surface area contributed by atoms with Crippen molar-refractivity contribution in [2.24, 2.45) is 5.84 Å². The molecular weight excluding hydrogens is 258 g/mol. The summed E-state index contributed by atoms with van der Waals surface area (Å²) in [5, 5.41) is 2.81. The summed E-state index contributed by atoms with van der Waals surface area (Å²) in [6, 6.07) is 0. The smallest absolute Gasteiger partial charge is 0.243 e. The van der Waals surface area contributed by atoms with Crippen LogP contribution >= 0.6 is 0 Å². The van der Waals surface area contributed by atoms with Gasteiger partial charge in [-0.2, -0.15) is 15.0 Å². The van der Waals surface area contributed by atoms with E-state index in [0.717, 1.165) is 0 Å². The van der Waals surface area contributed by atoms with Gasteiger partial charge in [-0.25, -0.2) is 14.3 Å². The van der Waals surface area contributed by atoms with Gasteiger partial charge in [0.1, 0.15) is 9.84 Å². The van der Waals surface area contributed by atoms with Crippen LogP contribution in [0.15, 0.2) is 0 Å². The zero-order valence-electron chi connectivity index (χ0n) is 10.5.